The van der Waals surface area contributed by atoms with Crippen molar-refractivity contribution in [2.45, 2.75) is 46.8 Å². The summed E-state index contributed by atoms with van der Waals surface area (Å²) >= 11 is 6.14. The van der Waals surface area contributed by atoms with Crippen LogP contribution in [0.25, 0.3) is 0 Å². The van der Waals surface area contributed by atoms with Gasteiger partial charge in [-0.2, -0.15) is 0 Å². The second-order valence-corrected chi connectivity index (χ2v) is 6.13. The van der Waals surface area contributed by atoms with E-state index in [-0.39, 0.29) is 23.8 Å². The number of hydrogen-bond acceptors (Lipinski definition) is 3. The maximum absolute atomic E-state index is 12.3. The third-order valence-electron chi connectivity index (χ3n) is 2.87. The Morgan fingerprint density at radius 3 is 2.27 bits per heavy atom. The van der Waals surface area contributed by atoms with Gasteiger partial charge in [-0.05, 0) is 38.0 Å². The van der Waals surface area contributed by atoms with Crippen LogP contribution in [0.4, 0.5) is 5.69 Å². The minimum Gasteiger partial charge on any atom is -0.489 e. The first kappa shape index (κ1) is 18.3. The number of amides is 2. The Morgan fingerprint density at radius 1 is 1.18 bits per heavy atom. The van der Waals surface area contributed by atoms with E-state index in [1.807, 2.05) is 27.7 Å². The average Bonchev–Trinajstić information content (AvgIpc) is 2.38. The molecule has 2 amide bonds. The van der Waals surface area contributed by atoms with E-state index in [9.17, 15) is 9.59 Å². The highest BCUT2D eigenvalue weighted by molar-refractivity contribution is 6.32. The molecule has 0 radical (unpaired) electrons. The summed E-state index contributed by atoms with van der Waals surface area (Å²) in [6.45, 7) is 8.94. The second-order valence-electron chi connectivity index (χ2n) is 5.72. The highest BCUT2D eigenvalue weighted by atomic mass is 35.5. The van der Waals surface area contributed by atoms with Crippen LogP contribution in [-0.2, 0) is 9.59 Å². The van der Waals surface area contributed by atoms with Crippen LogP contribution in [0.15, 0.2) is 18.2 Å². The zero-order valence-corrected chi connectivity index (χ0v) is 14.3. The number of carbonyl (C=O) groups is 2. The Bertz CT molecular complexity index is 544. The molecule has 0 saturated heterocycles. The average molecular weight is 327 g/mol. The third kappa shape index (κ3) is 5.56. The molecule has 0 aliphatic rings. The van der Waals surface area contributed by atoms with Crippen LogP contribution in [0.5, 0.6) is 5.75 Å². The van der Waals surface area contributed by atoms with Gasteiger partial charge in [-0.1, -0.05) is 25.4 Å². The number of nitrogens with one attached hydrogen (secondary N) is 2. The first-order valence-electron chi connectivity index (χ1n) is 7.25. The SMILES string of the molecule is CC(=O)NC(C(=O)Nc1ccc(OC(C)C)c(Cl)c1)C(C)C. The lowest BCUT2D eigenvalue weighted by Crippen LogP contribution is -2.46. The molecule has 1 atom stereocenters. The van der Waals surface area contributed by atoms with Gasteiger partial charge in [0.2, 0.25) is 11.8 Å². The smallest absolute Gasteiger partial charge is 0.247 e. The number of hydrogen-bond donors (Lipinski definition) is 2. The van der Waals surface area contributed by atoms with E-state index in [1.54, 1.807) is 18.2 Å². The van der Waals surface area contributed by atoms with E-state index in [1.165, 1.54) is 6.92 Å². The van der Waals surface area contributed by atoms with Crippen LogP contribution in [0.1, 0.15) is 34.6 Å². The number of ether oxygens (including phenoxy) is 1. The number of benzene rings is 1. The van der Waals surface area contributed by atoms with Gasteiger partial charge in [0.15, 0.2) is 0 Å². The molecule has 1 aromatic rings. The van der Waals surface area contributed by atoms with Gasteiger partial charge < -0.3 is 15.4 Å². The molecule has 0 saturated carbocycles. The fourth-order valence-electron chi connectivity index (χ4n) is 1.90. The van der Waals surface area contributed by atoms with Crippen molar-refractivity contribution in [2.75, 3.05) is 5.32 Å². The normalized spacial score (nSPS) is 12.2. The Labute approximate surface area is 136 Å². The second kappa shape index (κ2) is 8.03. The molecular weight excluding hydrogens is 304 g/mol. The monoisotopic (exact) mass is 326 g/mol. The number of anilines is 1. The maximum atomic E-state index is 12.3. The summed E-state index contributed by atoms with van der Waals surface area (Å²) in [5.41, 5.74) is 0.558. The van der Waals surface area contributed by atoms with Gasteiger partial charge in [0, 0.05) is 12.6 Å². The molecule has 0 aliphatic heterocycles. The molecule has 1 rings (SSSR count). The fourth-order valence-corrected chi connectivity index (χ4v) is 2.13. The molecule has 0 heterocycles. The highest BCUT2D eigenvalue weighted by Crippen LogP contribution is 2.28. The van der Waals surface area contributed by atoms with Crippen LogP contribution in [0, 0.1) is 5.92 Å². The van der Waals surface area contributed by atoms with E-state index in [2.05, 4.69) is 10.6 Å². The lowest BCUT2D eigenvalue weighted by atomic mass is 10.0. The highest BCUT2D eigenvalue weighted by Gasteiger charge is 2.23. The number of rotatable bonds is 6. The molecule has 0 spiro atoms. The van der Waals surface area contributed by atoms with Crippen molar-refractivity contribution in [2.24, 2.45) is 5.92 Å². The summed E-state index contributed by atoms with van der Waals surface area (Å²) in [7, 11) is 0. The van der Waals surface area contributed by atoms with E-state index in [4.69, 9.17) is 16.3 Å². The zero-order valence-electron chi connectivity index (χ0n) is 13.6. The molecule has 22 heavy (non-hydrogen) atoms. The summed E-state index contributed by atoms with van der Waals surface area (Å²) in [5.74, 6) is 0.0196. The summed E-state index contributed by atoms with van der Waals surface area (Å²) in [6, 6.07) is 4.46. The first-order chi connectivity index (χ1) is 10.2. The van der Waals surface area contributed by atoms with Crippen LogP contribution in [-0.4, -0.2) is 24.0 Å². The molecule has 2 N–H and O–H groups in total. The van der Waals surface area contributed by atoms with Crippen molar-refractivity contribution < 1.29 is 14.3 Å². The number of halogens is 1. The maximum Gasteiger partial charge on any atom is 0.247 e. The lowest BCUT2D eigenvalue weighted by molar-refractivity contribution is -0.126. The van der Waals surface area contributed by atoms with Crippen molar-refractivity contribution in [1.29, 1.82) is 0 Å². The van der Waals surface area contributed by atoms with Crippen LogP contribution in [0.3, 0.4) is 0 Å². The Balaban J connectivity index is 2.82. The van der Waals surface area contributed by atoms with Crippen LogP contribution < -0.4 is 15.4 Å². The molecule has 0 aromatic heterocycles. The standard InChI is InChI=1S/C16H23ClN2O3/c1-9(2)15(18-11(5)20)16(21)19-12-6-7-14(13(17)8-12)22-10(3)4/h6-10,15H,1-5H3,(H,18,20)(H,19,21). The lowest BCUT2D eigenvalue weighted by Gasteiger charge is -2.21. The fraction of sp³-hybridized carbons (Fsp3) is 0.500. The predicted molar refractivity (Wildman–Crippen MR) is 88.3 cm³/mol. The minimum absolute atomic E-state index is 0.0167. The van der Waals surface area contributed by atoms with Gasteiger partial charge in [0.25, 0.3) is 0 Å². The van der Waals surface area contributed by atoms with E-state index >= 15 is 0 Å². The van der Waals surface area contributed by atoms with Crippen molar-refractivity contribution in [3.8, 4) is 5.75 Å². The van der Waals surface area contributed by atoms with E-state index < -0.39 is 6.04 Å². The Kier molecular flexibility index (Phi) is 6.68. The van der Waals surface area contributed by atoms with Crippen molar-refractivity contribution in [3.05, 3.63) is 23.2 Å². The van der Waals surface area contributed by atoms with Gasteiger partial charge in [0.05, 0.1) is 11.1 Å². The summed E-state index contributed by atoms with van der Waals surface area (Å²) in [6.07, 6.45) is 0.0167. The van der Waals surface area contributed by atoms with Gasteiger partial charge >= 0.3 is 0 Å². The molecule has 6 heteroatoms. The molecule has 122 valence electrons. The predicted octanol–water partition coefficient (Wildman–Crippen LogP) is 3.23. The number of carbonyl (C=O) groups excluding carboxylic acids is 2. The molecule has 0 fully saturated rings. The first-order valence-corrected chi connectivity index (χ1v) is 7.62. The molecule has 1 aromatic carbocycles. The third-order valence-corrected chi connectivity index (χ3v) is 3.17. The van der Waals surface area contributed by atoms with E-state index in [0.717, 1.165) is 0 Å². The van der Waals surface area contributed by atoms with Gasteiger partial charge in [0.1, 0.15) is 11.8 Å². The quantitative estimate of drug-likeness (QED) is 0.843. The molecule has 5 nitrogen and oxygen atoms in total. The molecule has 1 unspecified atom stereocenters. The van der Waals surface area contributed by atoms with Crippen LogP contribution in [0.2, 0.25) is 5.02 Å². The van der Waals surface area contributed by atoms with Gasteiger partial charge in [-0.15, -0.1) is 0 Å². The molecule has 0 aliphatic carbocycles. The zero-order chi connectivity index (χ0) is 16.9. The Hall–Kier alpha value is -1.75. The van der Waals surface area contributed by atoms with Gasteiger partial charge in [-0.3, -0.25) is 9.59 Å². The van der Waals surface area contributed by atoms with Gasteiger partial charge in [-0.25, -0.2) is 0 Å². The minimum atomic E-state index is -0.595. The summed E-state index contributed by atoms with van der Waals surface area (Å²) in [4.78, 5) is 23.5. The van der Waals surface area contributed by atoms with Crippen molar-refractivity contribution in [1.82, 2.24) is 5.32 Å². The van der Waals surface area contributed by atoms with Crippen molar-refractivity contribution >= 4 is 29.1 Å². The van der Waals surface area contributed by atoms with Crippen LogP contribution >= 0.6 is 11.6 Å². The Morgan fingerprint density at radius 2 is 1.82 bits per heavy atom. The van der Waals surface area contributed by atoms with E-state index in [0.29, 0.717) is 16.5 Å². The van der Waals surface area contributed by atoms with Crippen molar-refractivity contribution in [3.63, 3.8) is 0 Å². The molecular formula is C16H23ClN2O3. The topological polar surface area (TPSA) is 67.4 Å². The summed E-state index contributed by atoms with van der Waals surface area (Å²) in [5, 5.41) is 5.82. The molecule has 0 bridgehead atoms. The summed E-state index contributed by atoms with van der Waals surface area (Å²) < 4.78 is 5.54. The largest absolute Gasteiger partial charge is 0.489 e.